The molecule has 0 saturated heterocycles. The summed E-state index contributed by atoms with van der Waals surface area (Å²) in [6.45, 7) is 4.94. The maximum Gasteiger partial charge on any atom is 0.229 e. The topological polar surface area (TPSA) is 104 Å². The third-order valence-corrected chi connectivity index (χ3v) is 5.64. The van der Waals surface area contributed by atoms with E-state index in [2.05, 4.69) is 37.8 Å². The number of benzene rings is 1. The number of hydrogen-bond acceptors (Lipinski definition) is 8. The molecule has 1 aromatic carbocycles. The number of aliphatic hydroxyl groups excluding tert-OH is 1. The molecule has 1 saturated carbocycles. The van der Waals surface area contributed by atoms with Crippen molar-refractivity contribution in [2.24, 2.45) is 5.92 Å². The first-order chi connectivity index (χ1) is 14.6. The molecule has 1 aliphatic carbocycles. The molecule has 1 fully saturated rings. The Bertz CT molecular complexity index is 774. The van der Waals surface area contributed by atoms with E-state index in [4.69, 9.17) is 4.74 Å². The minimum atomic E-state index is -0.0924. The van der Waals surface area contributed by atoms with Crippen molar-refractivity contribution >= 4 is 17.8 Å². The van der Waals surface area contributed by atoms with Crippen LogP contribution in [0.25, 0.3) is 0 Å². The minimum absolute atomic E-state index is 0.0278. The second-order valence-electron chi connectivity index (χ2n) is 8.04. The molecule has 1 atom stereocenters. The van der Waals surface area contributed by atoms with Crippen LogP contribution in [-0.4, -0.2) is 45.9 Å². The molecule has 4 N–H and O–H groups in total. The van der Waals surface area contributed by atoms with E-state index < -0.39 is 0 Å². The summed E-state index contributed by atoms with van der Waals surface area (Å²) in [5.41, 5.74) is 1.10. The molecular weight excluding hydrogens is 380 g/mol. The van der Waals surface area contributed by atoms with Crippen molar-refractivity contribution in [2.75, 3.05) is 29.7 Å². The van der Waals surface area contributed by atoms with Gasteiger partial charge in [0.2, 0.25) is 17.8 Å². The summed E-state index contributed by atoms with van der Waals surface area (Å²) >= 11 is 0. The second-order valence-corrected chi connectivity index (χ2v) is 8.04. The van der Waals surface area contributed by atoms with E-state index in [-0.39, 0.29) is 12.6 Å². The van der Waals surface area contributed by atoms with Crippen LogP contribution in [0.5, 0.6) is 5.75 Å². The van der Waals surface area contributed by atoms with Crippen molar-refractivity contribution in [2.45, 2.75) is 64.6 Å². The number of methoxy groups -OCH3 is 1. The lowest BCUT2D eigenvalue weighted by atomic mass is 9.87. The van der Waals surface area contributed by atoms with E-state index in [0.29, 0.717) is 30.4 Å². The normalized spacial score (nSPS) is 19.7. The number of aliphatic hydroxyl groups is 1. The highest BCUT2D eigenvalue weighted by Crippen LogP contribution is 2.25. The van der Waals surface area contributed by atoms with Gasteiger partial charge in [-0.25, -0.2) is 0 Å². The van der Waals surface area contributed by atoms with Crippen molar-refractivity contribution in [1.82, 2.24) is 15.0 Å². The summed E-state index contributed by atoms with van der Waals surface area (Å²) in [6.07, 6.45) is 5.47. The fourth-order valence-corrected chi connectivity index (χ4v) is 3.55. The minimum Gasteiger partial charge on any atom is -0.497 e. The van der Waals surface area contributed by atoms with E-state index >= 15 is 0 Å². The number of nitrogens with one attached hydrogen (secondary N) is 3. The molecule has 8 nitrogen and oxygen atoms in total. The Hall–Kier alpha value is -2.61. The lowest BCUT2D eigenvalue weighted by Crippen LogP contribution is -2.28. The van der Waals surface area contributed by atoms with Crippen LogP contribution >= 0.6 is 0 Å². The summed E-state index contributed by atoms with van der Waals surface area (Å²) in [5, 5.41) is 19.5. The van der Waals surface area contributed by atoms with Gasteiger partial charge in [-0.05, 0) is 55.7 Å². The van der Waals surface area contributed by atoms with Crippen molar-refractivity contribution in [3.63, 3.8) is 0 Å². The lowest BCUT2D eigenvalue weighted by molar-refractivity contribution is 0.271. The van der Waals surface area contributed by atoms with Crippen molar-refractivity contribution in [1.29, 1.82) is 0 Å². The van der Waals surface area contributed by atoms with Crippen LogP contribution in [0.3, 0.4) is 0 Å². The first-order valence-electron chi connectivity index (χ1n) is 10.9. The van der Waals surface area contributed by atoms with Crippen LogP contribution in [0.1, 0.15) is 51.5 Å². The number of nitrogens with zero attached hydrogens (tertiary/aromatic N) is 3. The van der Waals surface area contributed by atoms with Gasteiger partial charge in [-0.3, -0.25) is 0 Å². The molecule has 0 unspecified atom stereocenters. The van der Waals surface area contributed by atoms with Gasteiger partial charge < -0.3 is 25.8 Å². The fraction of sp³-hybridized carbons (Fsp3) is 0.591. The van der Waals surface area contributed by atoms with Crippen LogP contribution < -0.4 is 20.7 Å². The monoisotopic (exact) mass is 414 g/mol. The maximum absolute atomic E-state index is 9.53. The quantitative estimate of drug-likeness (QED) is 0.467. The molecule has 0 amide bonds. The molecule has 1 aromatic heterocycles. The number of hydrogen-bond donors (Lipinski definition) is 4. The first kappa shape index (κ1) is 22.1. The van der Waals surface area contributed by atoms with Gasteiger partial charge in [0.1, 0.15) is 5.75 Å². The predicted molar refractivity (Wildman–Crippen MR) is 120 cm³/mol. The molecule has 0 radical (unpaired) electrons. The zero-order valence-electron chi connectivity index (χ0n) is 18.2. The summed E-state index contributed by atoms with van der Waals surface area (Å²) in [4.78, 5) is 13.6. The summed E-state index contributed by atoms with van der Waals surface area (Å²) < 4.78 is 5.21. The average Bonchev–Trinajstić information content (AvgIpc) is 2.78. The molecule has 1 heterocycles. The summed E-state index contributed by atoms with van der Waals surface area (Å²) in [7, 11) is 1.66. The third-order valence-electron chi connectivity index (χ3n) is 5.64. The van der Waals surface area contributed by atoms with E-state index in [1.54, 1.807) is 7.11 Å². The van der Waals surface area contributed by atoms with E-state index in [0.717, 1.165) is 36.5 Å². The van der Waals surface area contributed by atoms with Crippen LogP contribution in [0.2, 0.25) is 0 Å². The van der Waals surface area contributed by atoms with Crippen LogP contribution in [0.15, 0.2) is 24.3 Å². The number of aromatic nitrogens is 3. The van der Waals surface area contributed by atoms with Gasteiger partial charge in [0.15, 0.2) is 0 Å². The van der Waals surface area contributed by atoms with Gasteiger partial charge in [-0.1, -0.05) is 26.0 Å². The zero-order chi connectivity index (χ0) is 21.3. The molecule has 3 rings (SSSR count). The van der Waals surface area contributed by atoms with Crippen molar-refractivity contribution < 1.29 is 9.84 Å². The molecule has 0 bridgehead atoms. The van der Waals surface area contributed by atoms with Crippen molar-refractivity contribution in [3.8, 4) is 5.75 Å². The highest BCUT2D eigenvalue weighted by atomic mass is 16.5. The molecule has 2 aromatic rings. The van der Waals surface area contributed by atoms with Crippen LogP contribution in [0.4, 0.5) is 17.8 Å². The number of rotatable bonds is 10. The third kappa shape index (κ3) is 6.45. The molecule has 1 aliphatic rings. The molecule has 30 heavy (non-hydrogen) atoms. The highest BCUT2D eigenvalue weighted by molar-refractivity contribution is 5.43. The Kier molecular flexibility index (Phi) is 8.07. The van der Waals surface area contributed by atoms with Gasteiger partial charge in [0.05, 0.1) is 19.8 Å². The van der Waals surface area contributed by atoms with Crippen molar-refractivity contribution in [3.05, 3.63) is 29.8 Å². The van der Waals surface area contributed by atoms with E-state index in [1.165, 1.54) is 12.8 Å². The standard InChI is InChI=1S/C22H34N6O2/c1-4-17(14-29)24-21-26-20(23-13-16-7-11-19(30-3)12-8-16)27-22(28-21)25-18-9-5-15(2)6-10-18/h7-8,11-12,15,17-18,29H,4-6,9-10,13-14H2,1-3H3,(H3,23,24,25,26,27,28)/t15?,17-,18?/m1/s1. The lowest BCUT2D eigenvalue weighted by Gasteiger charge is -2.27. The van der Waals surface area contributed by atoms with Crippen LogP contribution in [-0.2, 0) is 6.54 Å². The molecular formula is C22H34N6O2. The summed E-state index contributed by atoms with van der Waals surface area (Å²) in [6, 6.07) is 8.17. The Morgan fingerprint density at radius 1 is 1.03 bits per heavy atom. The fourth-order valence-electron chi connectivity index (χ4n) is 3.55. The smallest absolute Gasteiger partial charge is 0.229 e. The molecule has 0 aliphatic heterocycles. The SMILES string of the molecule is CC[C@H](CO)Nc1nc(NCc2ccc(OC)cc2)nc(NC2CCC(C)CC2)n1. The van der Waals surface area contributed by atoms with Gasteiger partial charge in [0.25, 0.3) is 0 Å². The van der Waals surface area contributed by atoms with Gasteiger partial charge >= 0.3 is 0 Å². The van der Waals surface area contributed by atoms with Gasteiger partial charge in [-0.2, -0.15) is 15.0 Å². The van der Waals surface area contributed by atoms with Gasteiger partial charge in [0, 0.05) is 12.6 Å². The Morgan fingerprint density at radius 2 is 1.70 bits per heavy atom. The number of anilines is 3. The highest BCUT2D eigenvalue weighted by Gasteiger charge is 2.20. The average molecular weight is 415 g/mol. The van der Waals surface area contributed by atoms with E-state index in [9.17, 15) is 5.11 Å². The first-order valence-corrected chi connectivity index (χ1v) is 10.9. The van der Waals surface area contributed by atoms with Gasteiger partial charge in [-0.15, -0.1) is 0 Å². The Labute approximate surface area is 178 Å². The zero-order valence-corrected chi connectivity index (χ0v) is 18.2. The predicted octanol–water partition coefficient (Wildman–Crippen LogP) is 3.67. The molecule has 0 spiro atoms. The molecule has 8 heteroatoms. The van der Waals surface area contributed by atoms with E-state index in [1.807, 2.05) is 31.2 Å². The second kappa shape index (κ2) is 11.0. The Morgan fingerprint density at radius 3 is 2.33 bits per heavy atom. The maximum atomic E-state index is 9.53. The molecule has 164 valence electrons. The Balaban J connectivity index is 1.72. The van der Waals surface area contributed by atoms with Crippen LogP contribution in [0, 0.1) is 5.92 Å². The largest absolute Gasteiger partial charge is 0.497 e. The number of ether oxygens (including phenoxy) is 1. The summed E-state index contributed by atoms with van der Waals surface area (Å²) in [5.74, 6) is 3.15.